The van der Waals surface area contributed by atoms with E-state index in [1.165, 1.54) is 0 Å². The molecule has 0 aromatic carbocycles. The van der Waals surface area contributed by atoms with E-state index in [9.17, 15) is 0 Å². The van der Waals surface area contributed by atoms with Crippen LogP contribution in [0, 0.1) is 12.8 Å². The first-order valence-corrected chi connectivity index (χ1v) is 2.31. The van der Waals surface area contributed by atoms with Crippen LogP contribution >= 0.6 is 0 Å². The van der Waals surface area contributed by atoms with Crippen LogP contribution in [0.15, 0.2) is 0 Å². The van der Waals surface area contributed by atoms with E-state index in [1.807, 2.05) is 40.5 Å². The van der Waals surface area contributed by atoms with E-state index < -0.39 is 0 Å². The zero-order valence-electron chi connectivity index (χ0n) is 6.16. The fourth-order valence-corrected chi connectivity index (χ4v) is 0. The Labute approximate surface area is 80.4 Å². The first kappa shape index (κ1) is 22.8. The van der Waals surface area contributed by atoms with Crippen molar-refractivity contribution in [1.82, 2.24) is 0 Å². The third kappa shape index (κ3) is 174. The fraction of sp³-hybridized carbons (Fsp3) is 0.667. The van der Waals surface area contributed by atoms with Crippen molar-refractivity contribution >= 4 is 23.1 Å². The molecule has 0 atom stereocenters. The third-order valence-electron chi connectivity index (χ3n) is 0. The molecule has 0 saturated heterocycles. The van der Waals surface area contributed by atoms with Gasteiger partial charge in [-0.15, -0.1) is 0 Å². The van der Waals surface area contributed by atoms with Gasteiger partial charge in [-0.2, -0.15) is 27.7 Å². The summed E-state index contributed by atoms with van der Waals surface area (Å²) in [4.78, 5) is 0. The van der Waals surface area contributed by atoms with E-state index in [4.69, 9.17) is 0 Å². The van der Waals surface area contributed by atoms with E-state index >= 15 is 0 Å². The van der Waals surface area contributed by atoms with Crippen LogP contribution in [-0.4, -0.2) is 23.1 Å². The molecule has 3 radical (unpaired) electrons. The first-order valence-electron chi connectivity index (χ1n) is 2.31. The van der Waals surface area contributed by atoms with Crippen molar-refractivity contribution in [2.24, 2.45) is 0 Å². The summed E-state index contributed by atoms with van der Waals surface area (Å²) in [6.45, 7) is 8.00. The molecule has 2 heteroatoms. The van der Waals surface area contributed by atoms with Gasteiger partial charge in [0.2, 0.25) is 0 Å². The fourth-order valence-electron chi connectivity index (χ4n) is 0. The van der Waals surface area contributed by atoms with Gasteiger partial charge < -0.3 is 12.8 Å². The molecule has 0 N–H and O–H groups in total. The Morgan fingerprint density at radius 2 is 0.750 bits per heavy atom. The Morgan fingerprint density at radius 3 is 0.750 bits per heavy atom. The second-order valence-electron chi connectivity index (χ2n) is 1.15. The van der Waals surface area contributed by atoms with Gasteiger partial charge in [0.15, 0.2) is 0 Å². The van der Waals surface area contributed by atoms with Gasteiger partial charge in [-0.25, -0.2) is 0 Å². The molecular formula is C6H14CuMg. The summed E-state index contributed by atoms with van der Waals surface area (Å²) in [7, 11) is 0. The standard InChI is InChI=1S/2C3H7.Cu.Mg/c2*1-3-2;;/h2*3H,1-2H3;;/q2*-1;+2;. The van der Waals surface area contributed by atoms with Crippen LogP contribution in [0.25, 0.3) is 0 Å². The van der Waals surface area contributed by atoms with Crippen LogP contribution in [-0.2, 0) is 17.1 Å². The van der Waals surface area contributed by atoms with Gasteiger partial charge in [0.05, 0.1) is 0 Å². The van der Waals surface area contributed by atoms with Gasteiger partial charge in [-0.3, -0.25) is 0 Å². The molecule has 0 spiro atoms. The predicted octanol–water partition coefficient (Wildman–Crippen LogP) is 2.08. The molecule has 0 aromatic rings. The quantitative estimate of drug-likeness (QED) is 0.389. The molecule has 0 saturated carbocycles. The van der Waals surface area contributed by atoms with Crippen molar-refractivity contribution in [1.29, 1.82) is 0 Å². The topological polar surface area (TPSA) is 0 Å². The van der Waals surface area contributed by atoms with Crippen molar-refractivity contribution in [3.05, 3.63) is 12.8 Å². The maximum absolute atomic E-state index is 2.00. The van der Waals surface area contributed by atoms with Crippen LogP contribution < -0.4 is 0 Å². The van der Waals surface area contributed by atoms with Gasteiger partial charge in [0.1, 0.15) is 0 Å². The number of hydrogen-bond donors (Lipinski definition) is 0. The van der Waals surface area contributed by atoms with Gasteiger partial charge in [-0.05, 0) is 0 Å². The third-order valence-corrected chi connectivity index (χ3v) is 0. The molecule has 0 fully saturated rings. The molecule has 51 valence electrons. The van der Waals surface area contributed by atoms with Gasteiger partial charge >= 0.3 is 17.1 Å². The van der Waals surface area contributed by atoms with Gasteiger partial charge in [0.25, 0.3) is 0 Å². The predicted molar refractivity (Wildman–Crippen MR) is 37.0 cm³/mol. The average Bonchev–Trinajstić information content (AvgIpc) is 1.39. The van der Waals surface area contributed by atoms with E-state index in [-0.39, 0.29) is 40.1 Å². The zero-order valence-corrected chi connectivity index (χ0v) is 8.52. The Bertz CT molecular complexity index is 10.5. The first-order chi connectivity index (χ1) is 2.83. The maximum atomic E-state index is 2.00. The molecule has 0 heterocycles. The van der Waals surface area contributed by atoms with E-state index in [2.05, 4.69) is 0 Å². The summed E-state index contributed by atoms with van der Waals surface area (Å²) in [6.07, 6.45) is 4.00. The van der Waals surface area contributed by atoms with Gasteiger partial charge in [-0.1, -0.05) is 0 Å². The Morgan fingerprint density at radius 1 is 0.750 bits per heavy atom. The van der Waals surface area contributed by atoms with E-state index in [1.54, 1.807) is 0 Å². The van der Waals surface area contributed by atoms with Crippen LogP contribution in [0.2, 0.25) is 0 Å². The molecule has 0 nitrogen and oxygen atoms in total. The molecule has 0 rings (SSSR count). The molecule has 0 aliphatic rings. The summed E-state index contributed by atoms with van der Waals surface area (Å²) in [6, 6.07) is 0. The van der Waals surface area contributed by atoms with Crippen molar-refractivity contribution < 1.29 is 17.1 Å². The molecule has 8 heavy (non-hydrogen) atoms. The summed E-state index contributed by atoms with van der Waals surface area (Å²) in [5, 5.41) is 0. The van der Waals surface area contributed by atoms with Crippen molar-refractivity contribution in [2.45, 2.75) is 27.7 Å². The Hall–Kier alpha value is 1.29. The van der Waals surface area contributed by atoms with Crippen molar-refractivity contribution in [3.8, 4) is 0 Å². The number of hydrogen-bond acceptors (Lipinski definition) is 0. The van der Waals surface area contributed by atoms with Crippen LogP contribution in [0.3, 0.4) is 0 Å². The molecular weight excluding hydrogens is 160 g/mol. The summed E-state index contributed by atoms with van der Waals surface area (Å²) in [5.41, 5.74) is 0. The van der Waals surface area contributed by atoms with Crippen molar-refractivity contribution in [3.63, 3.8) is 0 Å². The second kappa shape index (κ2) is 40.7. The number of rotatable bonds is 0. The minimum Gasteiger partial charge on any atom is -0.335 e. The van der Waals surface area contributed by atoms with Crippen molar-refractivity contribution in [2.75, 3.05) is 0 Å². The minimum absolute atomic E-state index is 0. The van der Waals surface area contributed by atoms with Crippen LogP contribution in [0.4, 0.5) is 0 Å². The van der Waals surface area contributed by atoms with Crippen LogP contribution in [0.5, 0.6) is 0 Å². The van der Waals surface area contributed by atoms with Crippen LogP contribution in [0.1, 0.15) is 27.7 Å². The monoisotopic (exact) mass is 173 g/mol. The smallest absolute Gasteiger partial charge is 0.335 e. The Balaban J connectivity index is -0.0000000160. The SMILES string of the molecule is C[CH-]C.C[CH-]C.[Cu+2].[Mg]. The average molecular weight is 174 g/mol. The largest absolute Gasteiger partial charge is 2.00 e. The normalized spacial score (nSPS) is 4.50. The molecule has 0 aliphatic heterocycles. The summed E-state index contributed by atoms with van der Waals surface area (Å²) < 4.78 is 0. The molecule has 0 aromatic heterocycles. The second-order valence-corrected chi connectivity index (χ2v) is 1.15. The summed E-state index contributed by atoms with van der Waals surface area (Å²) in [5.74, 6) is 0. The van der Waals surface area contributed by atoms with E-state index in [0.29, 0.717) is 0 Å². The zero-order chi connectivity index (χ0) is 5.41. The maximum Gasteiger partial charge on any atom is 2.00 e. The minimum atomic E-state index is 0. The van der Waals surface area contributed by atoms with Gasteiger partial charge in [0, 0.05) is 23.1 Å². The van der Waals surface area contributed by atoms with E-state index in [0.717, 1.165) is 0 Å². The summed E-state index contributed by atoms with van der Waals surface area (Å²) >= 11 is 0. The molecule has 0 bridgehead atoms. The molecule has 0 unspecified atom stereocenters. The molecule has 0 aliphatic carbocycles. The molecule has 0 amide bonds. The Kier molecular flexibility index (Phi) is 116.